The van der Waals surface area contributed by atoms with Crippen LogP contribution in [0.5, 0.6) is 5.75 Å². The molecule has 0 aliphatic carbocycles. The molecule has 0 unspecified atom stereocenters. The molecule has 9 heteroatoms. The van der Waals surface area contributed by atoms with E-state index in [1.54, 1.807) is 25.1 Å². The van der Waals surface area contributed by atoms with E-state index in [-0.39, 0.29) is 5.69 Å². The van der Waals surface area contributed by atoms with Crippen LogP contribution in [0.4, 0.5) is 11.4 Å². The zero-order valence-electron chi connectivity index (χ0n) is 14.6. The van der Waals surface area contributed by atoms with Crippen molar-refractivity contribution in [2.24, 2.45) is 0 Å². The van der Waals surface area contributed by atoms with Crippen LogP contribution in [0, 0.1) is 0 Å². The van der Waals surface area contributed by atoms with Crippen molar-refractivity contribution in [2.75, 3.05) is 18.2 Å². The molecule has 0 aliphatic rings. The second-order valence-corrected chi connectivity index (χ2v) is 7.11. The molecule has 1 amide bonds. The molecule has 0 saturated heterocycles. The quantitative estimate of drug-likeness (QED) is 0.678. The van der Waals surface area contributed by atoms with Gasteiger partial charge in [-0.1, -0.05) is 17.7 Å². The number of amides is 1. The maximum absolute atomic E-state index is 12.7. The summed E-state index contributed by atoms with van der Waals surface area (Å²) in [6.45, 7) is 1.57. The van der Waals surface area contributed by atoms with E-state index in [9.17, 15) is 9.59 Å². The van der Waals surface area contributed by atoms with Gasteiger partial charge in [0.15, 0.2) is 0 Å². The second kappa shape index (κ2) is 7.81. The number of nitrogens with one attached hydrogen (secondary N) is 1. The van der Waals surface area contributed by atoms with Gasteiger partial charge in [-0.3, -0.25) is 9.59 Å². The Kier molecular flexibility index (Phi) is 5.48. The molecule has 140 valence electrons. The fourth-order valence-corrected chi connectivity index (χ4v) is 3.32. The monoisotopic (exact) mass is 404 g/mol. The summed E-state index contributed by atoms with van der Waals surface area (Å²) in [6.07, 6.45) is 0. The number of nitrogens with zero attached hydrogens (tertiary/aromatic N) is 2. The van der Waals surface area contributed by atoms with Crippen molar-refractivity contribution in [3.8, 4) is 16.3 Å². The van der Waals surface area contributed by atoms with Gasteiger partial charge in [0.2, 0.25) is 5.91 Å². The highest BCUT2D eigenvalue weighted by Crippen LogP contribution is 2.28. The molecule has 1 aromatic carbocycles. The second-order valence-electron chi connectivity index (χ2n) is 5.72. The van der Waals surface area contributed by atoms with Crippen molar-refractivity contribution in [3.63, 3.8) is 0 Å². The molecule has 0 bridgehead atoms. The number of ether oxygens (including phenoxy) is 1. The molecule has 0 saturated carbocycles. The highest BCUT2D eigenvalue weighted by atomic mass is 35.5. The van der Waals surface area contributed by atoms with Gasteiger partial charge in [0, 0.05) is 5.02 Å². The van der Waals surface area contributed by atoms with Gasteiger partial charge in [0.25, 0.3) is 5.56 Å². The van der Waals surface area contributed by atoms with Gasteiger partial charge < -0.3 is 15.8 Å². The Balaban J connectivity index is 1.94. The minimum absolute atomic E-state index is 0.0217. The van der Waals surface area contributed by atoms with E-state index >= 15 is 0 Å². The van der Waals surface area contributed by atoms with E-state index in [0.717, 1.165) is 9.56 Å². The molecule has 0 radical (unpaired) electrons. The summed E-state index contributed by atoms with van der Waals surface area (Å²) in [4.78, 5) is 26.0. The summed E-state index contributed by atoms with van der Waals surface area (Å²) < 4.78 is 6.30. The molecule has 0 spiro atoms. The van der Waals surface area contributed by atoms with Gasteiger partial charge in [-0.2, -0.15) is 5.10 Å². The summed E-state index contributed by atoms with van der Waals surface area (Å²) in [5, 5.41) is 9.37. The SMILES string of the molecule is COc1ccc(Cl)cc1NC(=O)[C@H](C)n1nc(-c2cccs2)cc(N)c1=O. The van der Waals surface area contributed by atoms with Crippen molar-refractivity contribution < 1.29 is 9.53 Å². The van der Waals surface area contributed by atoms with Crippen LogP contribution in [0.25, 0.3) is 10.6 Å². The zero-order chi connectivity index (χ0) is 19.6. The highest BCUT2D eigenvalue weighted by molar-refractivity contribution is 7.13. The molecule has 3 rings (SSSR count). The van der Waals surface area contributed by atoms with Gasteiger partial charge in [0.1, 0.15) is 23.2 Å². The fourth-order valence-electron chi connectivity index (χ4n) is 2.46. The fraction of sp³-hybridized carbons (Fsp3) is 0.167. The summed E-state index contributed by atoms with van der Waals surface area (Å²) in [5.74, 6) is 0.00000235. The third-order valence-corrected chi connectivity index (χ3v) is 5.03. The Morgan fingerprint density at radius 2 is 2.15 bits per heavy atom. The van der Waals surface area contributed by atoms with E-state index in [0.29, 0.717) is 22.2 Å². The number of halogens is 1. The highest BCUT2D eigenvalue weighted by Gasteiger charge is 2.21. The first-order valence-electron chi connectivity index (χ1n) is 7.98. The Morgan fingerprint density at radius 3 is 2.81 bits per heavy atom. The number of nitrogens with two attached hydrogens (primary N) is 1. The van der Waals surface area contributed by atoms with Crippen LogP contribution in [0.15, 0.2) is 46.6 Å². The molecule has 1 atom stereocenters. The molecule has 3 N–H and O–H groups in total. The van der Waals surface area contributed by atoms with E-state index < -0.39 is 17.5 Å². The van der Waals surface area contributed by atoms with Crippen LogP contribution in [-0.4, -0.2) is 22.8 Å². The summed E-state index contributed by atoms with van der Waals surface area (Å²) in [6, 6.07) is 9.20. The standard InChI is InChI=1S/C18H17ClN4O3S/c1-10(17(24)21-13-8-11(19)5-6-15(13)26-2)23-18(25)12(20)9-14(22-23)16-4-3-7-27-16/h3-10H,20H2,1-2H3,(H,21,24)/t10-/m0/s1. The van der Waals surface area contributed by atoms with Crippen molar-refractivity contribution in [3.05, 3.63) is 57.2 Å². The van der Waals surface area contributed by atoms with Gasteiger partial charge in [0.05, 0.1) is 17.7 Å². The first-order chi connectivity index (χ1) is 12.9. The summed E-state index contributed by atoms with van der Waals surface area (Å²) in [7, 11) is 1.49. The first kappa shape index (κ1) is 18.9. The van der Waals surface area contributed by atoms with E-state index in [2.05, 4.69) is 10.4 Å². The van der Waals surface area contributed by atoms with Crippen LogP contribution in [-0.2, 0) is 4.79 Å². The molecule has 0 fully saturated rings. The zero-order valence-corrected chi connectivity index (χ0v) is 16.2. The van der Waals surface area contributed by atoms with Crippen LogP contribution in [0.3, 0.4) is 0 Å². The Hall–Kier alpha value is -2.84. The van der Waals surface area contributed by atoms with Crippen LogP contribution < -0.4 is 21.3 Å². The first-order valence-corrected chi connectivity index (χ1v) is 9.24. The molecule has 3 aromatic rings. The molecular formula is C18H17ClN4O3S. The third kappa shape index (κ3) is 3.96. The smallest absolute Gasteiger partial charge is 0.290 e. The molecular weight excluding hydrogens is 388 g/mol. The number of thiophene rings is 1. The Morgan fingerprint density at radius 1 is 1.37 bits per heavy atom. The van der Waals surface area contributed by atoms with Crippen LogP contribution >= 0.6 is 22.9 Å². The lowest BCUT2D eigenvalue weighted by atomic mass is 10.2. The predicted molar refractivity (Wildman–Crippen MR) is 108 cm³/mol. The van der Waals surface area contributed by atoms with Gasteiger partial charge in [-0.25, -0.2) is 4.68 Å². The normalized spacial score (nSPS) is 11.8. The molecule has 2 heterocycles. The average molecular weight is 405 g/mol. The minimum Gasteiger partial charge on any atom is -0.495 e. The molecule has 2 aromatic heterocycles. The Bertz CT molecular complexity index is 1030. The van der Waals surface area contributed by atoms with E-state index in [1.807, 2.05) is 17.5 Å². The number of hydrogen-bond acceptors (Lipinski definition) is 6. The maximum atomic E-state index is 12.7. The number of carbonyl (C=O) groups is 1. The van der Waals surface area contributed by atoms with Crippen LogP contribution in [0.2, 0.25) is 5.02 Å². The predicted octanol–water partition coefficient (Wildman–Crippen LogP) is 3.42. The van der Waals surface area contributed by atoms with Crippen molar-refractivity contribution in [1.29, 1.82) is 0 Å². The lowest BCUT2D eigenvalue weighted by molar-refractivity contribution is -0.119. The summed E-state index contributed by atoms with van der Waals surface area (Å²) >= 11 is 7.45. The number of anilines is 2. The number of carbonyl (C=O) groups excluding carboxylic acids is 1. The number of aromatic nitrogens is 2. The molecule has 27 heavy (non-hydrogen) atoms. The van der Waals surface area contributed by atoms with Crippen molar-refractivity contribution in [2.45, 2.75) is 13.0 Å². The number of rotatable bonds is 5. The number of methoxy groups -OCH3 is 1. The molecule has 0 aliphatic heterocycles. The topological polar surface area (TPSA) is 99.2 Å². The van der Waals surface area contributed by atoms with Gasteiger partial charge in [-0.15, -0.1) is 11.3 Å². The summed E-state index contributed by atoms with van der Waals surface area (Å²) in [5.41, 5.74) is 6.27. The van der Waals surface area contributed by atoms with Gasteiger partial charge in [-0.05, 0) is 42.6 Å². The van der Waals surface area contributed by atoms with E-state index in [1.165, 1.54) is 24.5 Å². The largest absolute Gasteiger partial charge is 0.495 e. The average Bonchev–Trinajstić information content (AvgIpc) is 3.18. The Labute approximate surface area is 164 Å². The van der Waals surface area contributed by atoms with Crippen molar-refractivity contribution >= 4 is 40.2 Å². The number of hydrogen-bond donors (Lipinski definition) is 2. The van der Waals surface area contributed by atoms with Gasteiger partial charge >= 0.3 is 0 Å². The van der Waals surface area contributed by atoms with Crippen molar-refractivity contribution in [1.82, 2.24) is 9.78 Å². The number of benzene rings is 1. The molecule has 7 nitrogen and oxygen atoms in total. The lowest BCUT2D eigenvalue weighted by Gasteiger charge is -2.17. The minimum atomic E-state index is -0.900. The van der Waals surface area contributed by atoms with E-state index in [4.69, 9.17) is 22.1 Å². The third-order valence-electron chi connectivity index (χ3n) is 3.90. The lowest BCUT2D eigenvalue weighted by Crippen LogP contribution is -2.34. The maximum Gasteiger partial charge on any atom is 0.290 e. The van der Waals surface area contributed by atoms with Crippen LogP contribution in [0.1, 0.15) is 13.0 Å². The number of nitrogen functional groups attached to an aromatic ring is 1.